The highest BCUT2D eigenvalue weighted by Gasteiger charge is 2.14. The van der Waals surface area contributed by atoms with E-state index in [-0.39, 0.29) is 17.1 Å². The van der Waals surface area contributed by atoms with Gasteiger partial charge in [0.2, 0.25) is 0 Å². The van der Waals surface area contributed by atoms with Crippen LogP contribution in [0, 0.1) is 0 Å². The Kier molecular flexibility index (Phi) is 4.05. The summed E-state index contributed by atoms with van der Waals surface area (Å²) in [6.45, 7) is 1.42. The monoisotopic (exact) mass is 289 g/mol. The third kappa shape index (κ3) is 2.97. The molecule has 0 atom stereocenters. The summed E-state index contributed by atoms with van der Waals surface area (Å²) < 4.78 is 0. The number of nitrogens with one attached hydrogen (secondary N) is 1. The van der Waals surface area contributed by atoms with Gasteiger partial charge in [0, 0.05) is 10.6 Å². The highest BCUT2D eigenvalue weighted by atomic mass is 35.5. The fraction of sp³-hybridized carbons (Fsp3) is 0.0667. The van der Waals surface area contributed by atoms with Gasteiger partial charge in [-0.1, -0.05) is 23.7 Å². The van der Waals surface area contributed by atoms with Crippen LogP contribution in [-0.4, -0.2) is 16.8 Å². The second-order valence-corrected chi connectivity index (χ2v) is 4.65. The van der Waals surface area contributed by atoms with Gasteiger partial charge in [-0.2, -0.15) is 0 Å². The molecule has 2 aromatic carbocycles. The molecule has 0 saturated carbocycles. The third-order valence-corrected chi connectivity index (χ3v) is 2.99. The van der Waals surface area contributed by atoms with Crippen LogP contribution in [0.5, 0.6) is 5.75 Å². The summed E-state index contributed by atoms with van der Waals surface area (Å²) in [5.74, 6) is -0.859. The average molecular weight is 290 g/mol. The van der Waals surface area contributed by atoms with Crippen molar-refractivity contribution in [2.45, 2.75) is 6.92 Å². The number of para-hydroxylation sites is 1. The first-order chi connectivity index (χ1) is 9.49. The van der Waals surface area contributed by atoms with Crippen LogP contribution in [-0.2, 0) is 0 Å². The Balaban J connectivity index is 2.33. The maximum absolute atomic E-state index is 12.1. The Labute approximate surface area is 121 Å². The number of aromatic hydroxyl groups is 1. The van der Waals surface area contributed by atoms with Gasteiger partial charge in [-0.05, 0) is 37.3 Å². The molecule has 0 heterocycles. The Bertz CT molecular complexity index is 683. The number of ketones is 1. The van der Waals surface area contributed by atoms with E-state index in [1.165, 1.54) is 25.1 Å². The van der Waals surface area contributed by atoms with E-state index in [1.54, 1.807) is 24.3 Å². The number of hydrogen-bond acceptors (Lipinski definition) is 3. The van der Waals surface area contributed by atoms with Crippen LogP contribution >= 0.6 is 11.6 Å². The lowest BCUT2D eigenvalue weighted by Crippen LogP contribution is -2.14. The van der Waals surface area contributed by atoms with Gasteiger partial charge in [-0.25, -0.2) is 0 Å². The zero-order valence-electron chi connectivity index (χ0n) is 10.7. The number of hydrogen-bond donors (Lipinski definition) is 2. The van der Waals surface area contributed by atoms with E-state index in [0.29, 0.717) is 16.3 Å². The number of phenols is 1. The molecule has 0 bridgehead atoms. The van der Waals surface area contributed by atoms with Crippen LogP contribution in [0.15, 0.2) is 42.5 Å². The van der Waals surface area contributed by atoms with Gasteiger partial charge < -0.3 is 10.4 Å². The first-order valence-corrected chi connectivity index (χ1v) is 6.26. The zero-order valence-corrected chi connectivity index (χ0v) is 11.4. The molecule has 2 aromatic rings. The van der Waals surface area contributed by atoms with Crippen molar-refractivity contribution in [2.75, 3.05) is 5.32 Å². The summed E-state index contributed by atoms with van der Waals surface area (Å²) in [6.07, 6.45) is 0. The van der Waals surface area contributed by atoms with Gasteiger partial charge in [-0.15, -0.1) is 0 Å². The van der Waals surface area contributed by atoms with Crippen LogP contribution in [0.25, 0.3) is 0 Å². The molecule has 0 fully saturated rings. The van der Waals surface area contributed by atoms with Crippen molar-refractivity contribution >= 4 is 29.0 Å². The predicted molar refractivity (Wildman–Crippen MR) is 77.5 cm³/mol. The molecule has 4 nitrogen and oxygen atoms in total. The Hall–Kier alpha value is -2.33. The van der Waals surface area contributed by atoms with Crippen LogP contribution in [0.3, 0.4) is 0 Å². The molecule has 2 rings (SSSR count). The molecule has 2 N–H and O–H groups in total. The first-order valence-electron chi connectivity index (χ1n) is 5.89. The topological polar surface area (TPSA) is 66.4 Å². The molecule has 5 heteroatoms. The van der Waals surface area contributed by atoms with Crippen molar-refractivity contribution in [2.24, 2.45) is 0 Å². The zero-order chi connectivity index (χ0) is 14.7. The smallest absolute Gasteiger partial charge is 0.259 e. The molecular weight excluding hydrogens is 278 g/mol. The highest BCUT2D eigenvalue weighted by molar-refractivity contribution is 6.31. The second kappa shape index (κ2) is 5.75. The Morgan fingerprint density at radius 3 is 2.50 bits per heavy atom. The predicted octanol–water partition coefficient (Wildman–Crippen LogP) is 3.50. The molecule has 0 aliphatic heterocycles. The van der Waals surface area contributed by atoms with E-state index in [9.17, 15) is 14.7 Å². The van der Waals surface area contributed by atoms with E-state index >= 15 is 0 Å². The van der Waals surface area contributed by atoms with Gasteiger partial charge >= 0.3 is 0 Å². The minimum absolute atomic E-state index is 0.0517. The number of Topliss-reactive ketones (excluding diaryl/α,β-unsaturated/α-hetero) is 1. The molecular formula is C15H12ClNO3. The van der Waals surface area contributed by atoms with E-state index in [4.69, 9.17) is 11.6 Å². The van der Waals surface area contributed by atoms with Crippen molar-refractivity contribution in [3.8, 4) is 5.75 Å². The van der Waals surface area contributed by atoms with Crippen molar-refractivity contribution in [1.29, 1.82) is 0 Å². The highest BCUT2D eigenvalue weighted by Crippen LogP contribution is 2.23. The van der Waals surface area contributed by atoms with Crippen LogP contribution in [0.4, 0.5) is 5.69 Å². The number of amides is 1. The van der Waals surface area contributed by atoms with Crippen molar-refractivity contribution < 1.29 is 14.7 Å². The summed E-state index contributed by atoms with van der Waals surface area (Å²) in [6, 6.07) is 10.9. The number of carbonyl (C=O) groups excluding carboxylic acids is 2. The standard InChI is InChI=1S/C15H12ClNO3/c1-9(18)11-4-2-3-5-13(11)17-15(20)12-8-10(16)6-7-14(12)19/h2-8,19H,1H3,(H,17,20). The van der Waals surface area contributed by atoms with Crippen LogP contribution < -0.4 is 5.32 Å². The number of phenolic OH excluding ortho intramolecular Hbond substituents is 1. The number of rotatable bonds is 3. The fourth-order valence-corrected chi connectivity index (χ4v) is 1.95. The molecule has 0 aromatic heterocycles. The number of carbonyl (C=O) groups is 2. The lowest BCUT2D eigenvalue weighted by molar-refractivity contribution is 0.101. The first kappa shape index (κ1) is 14.1. The summed E-state index contributed by atoms with van der Waals surface area (Å²) in [5.41, 5.74) is 0.850. The van der Waals surface area contributed by atoms with E-state index in [1.807, 2.05) is 0 Å². The van der Waals surface area contributed by atoms with E-state index in [0.717, 1.165) is 0 Å². The summed E-state index contributed by atoms with van der Waals surface area (Å²) >= 11 is 5.80. The lowest BCUT2D eigenvalue weighted by Gasteiger charge is -2.10. The van der Waals surface area contributed by atoms with Gasteiger partial charge in [0.15, 0.2) is 5.78 Å². The maximum atomic E-state index is 12.1. The molecule has 0 saturated heterocycles. The second-order valence-electron chi connectivity index (χ2n) is 4.22. The Morgan fingerprint density at radius 2 is 1.80 bits per heavy atom. The van der Waals surface area contributed by atoms with E-state index in [2.05, 4.69) is 5.32 Å². The number of benzene rings is 2. The van der Waals surface area contributed by atoms with Crippen molar-refractivity contribution in [1.82, 2.24) is 0 Å². The molecule has 0 aliphatic carbocycles. The van der Waals surface area contributed by atoms with Crippen molar-refractivity contribution in [3.05, 3.63) is 58.6 Å². The summed E-state index contributed by atoms with van der Waals surface area (Å²) in [5, 5.41) is 12.6. The van der Waals surface area contributed by atoms with Gasteiger partial charge in [0.25, 0.3) is 5.91 Å². The number of anilines is 1. The van der Waals surface area contributed by atoms with Crippen molar-refractivity contribution in [3.63, 3.8) is 0 Å². The quantitative estimate of drug-likeness (QED) is 0.850. The molecule has 0 unspecified atom stereocenters. The molecule has 102 valence electrons. The van der Waals surface area contributed by atoms with E-state index < -0.39 is 5.91 Å². The molecule has 1 amide bonds. The third-order valence-electron chi connectivity index (χ3n) is 2.76. The molecule has 0 spiro atoms. The maximum Gasteiger partial charge on any atom is 0.259 e. The largest absolute Gasteiger partial charge is 0.507 e. The normalized spacial score (nSPS) is 10.1. The van der Waals surface area contributed by atoms with Crippen LogP contribution in [0.2, 0.25) is 5.02 Å². The Morgan fingerprint density at radius 1 is 1.10 bits per heavy atom. The summed E-state index contributed by atoms with van der Waals surface area (Å²) in [4.78, 5) is 23.6. The SMILES string of the molecule is CC(=O)c1ccccc1NC(=O)c1cc(Cl)ccc1O. The summed E-state index contributed by atoms with van der Waals surface area (Å²) in [7, 11) is 0. The average Bonchev–Trinajstić information content (AvgIpc) is 2.41. The minimum atomic E-state index is -0.529. The lowest BCUT2D eigenvalue weighted by atomic mass is 10.1. The molecule has 0 radical (unpaired) electrons. The van der Waals surface area contributed by atoms with Gasteiger partial charge in [0.05, 0.1) is 11.3 Å². The van der Waals surface area contributed by atoms with Gasteiger partial charge in [-0.3, -0.25) is 9.59 Å². The van der Waals surface area contributed by atoms with Gasteiger partial charge in [0.1, 0.15) is 5.75 Å². The number of halogens is 1. The molecule has 20 heavy (non-hydrogen) atoms. The fourth-order valence-electron chi connectivity index (χ4n) is 1.78. The molecule has 0 aliphatic rings. The minimum Gasteiger partial charge on any atom is -0.507 e. The van der Waals surface area contributed by atoms with Crippen LogP contribution in [0.1, 0.15) is 27.6 Å².